The van der Waals surface area contributed by atoms with Crippen molar-refractivity contribution in [2.75, 3.05) is 11.1 Å². The van der Waals surface area contributed by atoms with Gasteiger partial charge in [0.05, 0.1) is 5.69 Å². The number of nitrogens with two attached hydrogens (primary N) is 1. The van der Waals surface area contributed by atoms with E-state index in [1.54, 1.807) is 16.8 Å². The molecule has 3 aromatic carbocycles. The maximum atomic E-state index is 12.7. The van der Waals surface area contributed by atoms with Gasteiger partial charge in [0, 0.05) is 10.5 Å². The molecular weight excluding hydrogens is 380 g/mol. The summed E-state index contributed by atoms with van der Waals surface area (Å²) in [5, 5.41) is 8.27. The summed E-state index contributed by atoms with van der Waals surface area (Å²) in [6.45, 7) is 2.04. The maximum Gasteiger partial charge on any atom is 0.255 e. The molecule has 0 atom stereocenters. The van der Waals surface area contributed by atoms with Crippen molar-refractivity contribution in [2.24, 2.45) is 0 Å². The zero-order valence-electron chi connectivity index (χ0n) is 15.9. The average Bonchev–Trinajstić information content (AvgIpc) is 3.06. The van der Waals surface area contributed by atoms with Crippen LogP contribution in [0.2, 0.25) is 0 Å². The first-order valence-corrected chi connectivity index (χ1v) is 9.98. The molecule has 0 fully saturated rings. The summed E-state index contributed by atoms with van der Waals surface area (Å²) in [4.78, 5) is 13.8. The van der Waals surface area contributed by atoms with Gasteiger partial charge in [0.25, 0.3) is 5.91 Å². The molecule has 0 aliphatic heterocycles. The first kappa shape index (κ1) is 18.8. The van der Waals surface area contributed by atoms with E-state index in [0.29, 0.717) is 22.1 Å². The normalized spacial score (nSPS) is 10.7. The van der Waals surface area contributed by atoms with Crippen molar-refractivity contribution in [1.29, 1.82) is 0 Å². The Morgan fingerprint density at radius 2 is 1.55 bits per heavy atom. The Hall–Kier alpha value is -3.51. The molecule has 29 heavy (non-hydrogen) atoms. The van der Waals surface area contributed by atoms with E-state index in [1.807, 2.05) is 79.7 Å². The predicted octanol–water partition coefficient (Wildman–Crippen LogP) is 5.17. The lowest BCUT2D eigenvalue weighted by atomic mass is 10.2. The minimum absolute atomic E-state index is 0.226. The van der Waals surface area contributed by atoms with Crippen LogP contribution in [0.1, 0.15) is 15.9 Å². The molecule has 0 unspecified atom stereocenters. The van der Waals surface area contributed by atoms with Gasteiger partial charge in [0.1, 0.15) is 10.7 Å². The largest absolute Gasteiger partial charge is 0.382 e. The molecule has 144 valence electrons. The van der Waals surface area contributed by atoms with E-state index in [4.69, 9.17) is 5.73 Å². The lowest BCUT2D eigenvalue weighted by molar-refractivity contribution is 0.102. The van der Waals surface area contributed by atoms with Crippen LogP contribution in [0, 0.1) is 6.92 Å². The van der Waals surface area contributed by atoms with Crippen molar-refractivity contribution < 1.29 is 4.79 Å². The van der Waals surface area contributed by atoms with Crippen LogP contribution in [-0.2, 0) is 0 Å². The lowest BCUT2D eigenvalue weighted by Crippen LogP contribution is -2.13. The number of aromatic nitrogens is 2. The zero-order chi connectivity index (χ0) is 20.2. The van der Waals surface area contributed by atoms with Gasteiger partial charge in [-0.25, -0.2) is 4.68 Å². The number of amides is 1. The number of hydrogen-bond acceptors (Lipinski definition) is 4. The van der Waals surface area contributed by atoms with Crippen LogP contribution in [0.25, 0.3) is 5.69 Å². The monoisotopic (exact) mass is 400 g/mol. The van der Waals surface area contributed by atoms with Gasteiger partial charge in [-0.15, -0.1) is 0 Å². The number of nitrogens with one attached hydrogen (secondary N) is 1. The number of carbonyl (C=O) groups is 1. The van der Waals surface area contributed by atoms with Gasteiger partial charge >= 0.3 is 0 Å². The number of rotatable bonds is 5. The van der Waals surface area contributed by atoms with E-state index >= 15 is 0 Å². The Balaban J connectivity index is 1.73. The predicted molar refractivity (Wildman–Crippen MR) is 118 cm³/mol. The van der Waals surface area contributed by atoms with Crippen LogP contribution in [0.3, 0.4) is 0 Å². The van der Waals surface area contributed by atoms with Crippen LogP contribution in [0.4, 0.5) is 11.5 Å². The van der Waals surface area contributed by atoms with Crippen molar-refractivity contribution in [1.82, 2.24) is 9.78 Å². The minimum Gasteiger partial charge on any atom is -0.382 e. The quantitative estimate of drug-likeness (QED) is 0.485. The second-order valence-corrected chi connectivity index (χ2v) is 7.61. The first-order chi connectivity index (χ1) is 14.1. The minimum atomic E-state index is -0.226. The summed E-state index contributed by atoms with van der Waals surface area (Å²) in [7, 11) is 0. The number of nitrogens with zero attached hydrogens (tertiary/aromatic N) is 2. The SMILES string of the molecule is Cc1ccc(Sc2nn(-c3ccccc3)c(N)c2NC(=O)c2ccccc2)cc1. The van der Waals surface area contributed by atoms with Crippen LogP contribution >= 0.6 is 11.8 Å². The Labute approximate surface area is 173 Å². The summed E-state index contributed by atoms with van der Waals surface area (Å²) in [6.07, 6.45) is 0. The summed E-state index contributed by atoms with van der Waals surface area (Å²) < 4.78 is 1.65. The van der Waals surface area contributed by atoms with Gasteiger partial charge in [-0.05, 0) is 43.3 Å². The first-order valence-electron chi connectivity index (χ1n) is 9.16. The molecule has 1 amide bonds. The Morgan fingerprint density at radius 1 is 0.931 bits per heavy atom. The molecule has 0 saturated carbocycles. The Kier molecular flexibility index (Phi) is 5.35. The highest BCUT2D eigenvalue weighted by Crippen LogP contribution is 2.37. The summed E-state index contributed by atoms with van der Waals surface area (Å²) in [5.41, 5.74) is 9.49. The van der Waals surface area contributed by atoms with Gasteiger partial charge in [0.2, 0.25) is 0 Å². The number of nitrogen functional groups attached to an aromatic ring is 1. The molecule has 0 radical (unpaired) electrons. The van der Waals surface area contributed by atoms with E-state index in [2.05, 4.69) is 10.4 Å². The standard InChI is InChI=1S/C23H20N4OS/c1-16-12-14-19(15-13-16)29-23-20(25-22(28)17-8-4-2-5-9-17)21(24)27(26-23)18-10-6-3-7-11-18/h2-15H,24H2,1H3,(H,25,28). The highest BCUT2D eigenvalue weighted by atomic mass is 32.2. The fourth-order valence-electron chi connectivity index (χ4n) is 2.86. The molecule has 0 aliphatic rings. The van der Waals surface area contributed by atoms with Crippen molar-refractivity contribution in [3.8, 4) is 5.69 Å². The molecule has 3 N–H and O–H groups in total. The van der Waals surface area contributed by atoms with Gasteiger partial charge in [-0.1, -0.05) is 65.9 Å². The topological polar surface area (TPSA) is 72.9 Å². The van der Waals surface area contributed by atoms with Crippen LogP contribution in [0.15, 0.2) is 94.9 Å². The van der Waals surface area contributed by atoms with Gasteiger partial charge < -0.3 is 11.1 Å². The third-order valence-corrected chi connectivity index (χ3v) is 5.39. The third kappa shape index (κ3) is 4.17. The Bertz CT molecular complexity index is 1120. The fraction of sp³-hybridized carbons (Fsp3) is 0.0435. The Morgan fingerprint density at radius 3 is 2.21 bits per heavy atom. The third-order valence-electron chi connectivity index (χ3n) is 4.40. The van der Waals surface area contributed by atoms with E-state index in [9.17, 15) is 4.79 Å². The maximum absolute atomic E-state index is 12.7. The smallest absolute Gasteiger partial charge is 0.255 e. The lowest BCUT2D eigenvalue weighted by Gasteiger charge is -2.07. The zero-order valence-corrected chi connectivity index (χ0v) is 16.7. The average molecular weight is 401 g/mol. The van der Waals surface area contributed by atoms with Crippen molar-refractivity contribution >= 4 is 29.2 Å². The van der Waals surface area contributed by atoms with Crippen molar-refractivity contribution in [2.45, 2.75) is 16.8 Å². The van der Waals surface area contributed by atoms with Crippen LogP contribution in [0.5, 0.6) is 0 Å². The fourth-order valence-corrected chi connectivity index (χ4v) is 3.73. The molecular formula is C23H20N4OS. The number of benzene rings is 3. The van der Waals surface area contributed by atoms with Gasteiger partial charge in [0.15, 0.2) is 5.82 Å². The van der Waals surface area contributed by atoms with Crippen LogP contribution < -0.4 is 11.1 Å². The molecule has 1 aromatic heterocycles. The molecule has 0 spiro atoms. The summed E-state index contributed by atoms with van der Waals surface area (Å²) in [5.74, 6) is 0.158. The second kappa shape index (κ2) is 8.24. The summed E-state index contributed by atoms with van der Waals surface area (Å²) in [6, 6.07) is 26.8. The van der Waals surface area contributed by atoms with Crippen molar-refractivity contribution in [3.05, 3.63) is 96.1 Å². The highest BCUT2D eigenvalue weighted by Gasteiger charge is 2.20. The molecule has 0 saturated heterocycles. The number of aryl methyl sites for hydroxylation is 1. The van der Waals surface area contributed by atoms with E-state index < -0.39 is 0 Å². The van der Waals surface area contributed by atoms with E-state index in [-0.39, 0.29) is 5.91 Å². The van der Waals surface area contributed by atoms with Gasteiger partial charge in [-0.3, -0.25) is 4.79 Å². The number of carbonyl (C=O) groups excluding carboxylic acids is 1. The van der Waals surface area contributed by atoms with E-state index in [0.717, 1.165) is 10.6 Å². The number of anilines is 2. The van der Waals surface area contributed by atoms with Crippen molar-refractivity contribution in [3.63, 3.8) is 0 Å². The second-order valence-electron chi connectivity index (χ2n) is 6.55. The molecule has 1 heterocycles. The van der Waals surface area contributed by atoms with Gasteiger partial charge in [-0.2, -0.15) is 5.10 Å². The molecule has 6 heteroatoms. The number of hydrogen-bond donors (Lipinski definition) is 2. The molecule has 0 aliphatic carbocycles. The summed E-state index contributed by atoms with van der Waals surface area (Å²) >= 11 is 1.46. The highest BCUT2D eigenvalue weighted by molar-refractivity contribution is 7.99. The molecule has 0 bridgehead atoms. The molecule has 4 rings (SSSR count). The molecule has 4 aromatic rings. The van der Waals surface area contributed by atoms with Crippen LogP contribution in [-0.4, -0.2) is 15.7 Å². The van der Waals surface area contributed by atoms with E-state index in [1.165, 1.54) is 17.3 Å². The molecule has 5 nitrogen and oxygen atoms in total. The number of para-hydroxylation sites is 1.